The Balaban J connectivity index is 2.23. The van der Waals surface area contributed by atoms with Crippen LogP contribution in [0.3, 0.4) is 0 Å². The summed E-state index contributed by atoms with van der Waals surface area (Å²) in [4.78, 5) is 24.4. The molecule has 0 aliphatic rings. The van der Waals surface area contributed by atoms with Crippen molar-refractivity contribution in [3.63, 3.8) is 0 Å². The maximum absolute atomic E-state index is 11.6. The SMILES string of the molecule is Cc1ncc(-c2ccc3nccnc3c2)c(C)c1C(N)=O. The summed E-state index contributed by atoms with van der Waals surface area (Å²) in [5, 5.41) is 0. The summed E-state index contributed by atoms with van der Waals surface area (Å²) in [6, 6.07) is 5.79. The van der Waals surface area contributed by atoms with Crippen LogP contribution in [0.15, 0.2) is 36.8 Å². The number of benzene rings is 1. The Morgan fingerprint density at radius 2 is 1.76 bits per heavy atom. The first-order valence-corrected chi connectivity index (χ1v) is 6.55. The lowest BCUT2D eigenvalue weighted by atomic mass is 9.97. The number of pyridine rings is 1. The molecule has 0 bridgehead atoms. The second-order valence-corrected chi connectivity index (χ2v) is 4.88. The molecule has 2 N–H and O–H groups in total. The lowest BCUT2D eigenvalue weighted by Gasteiger charge is -2.11. The monoisotopic (exact) mass is 278 g/mol. The van der Waals surface area contributed by atoms with E-state index in [9.17, 15) is 4.79 Å². The Kier molecular flexibility index (Phi) is 3.10. The standard InChI is InChI=1S/C16H14N4O/c1-9-12(8-20-10(2)15(9)16(17)21)11-3-4-13-14(7-11)19-6-5-18-13/h3-8H,1-2H3,(H2,17,21). The summed E-state index contributed by atoms with van der Waals surface area (Å²) in [5.74, 6) is -0.458. The fourth-order valence-corrected chi connectivity index (χ4v) is 2.51. The van der Waals surface area contributed by atoms with Crippen LogP contribution in [-0.2, 0) is 0 Å². The first-order valence-electron chi connectivity index (χ1n) is 6.55. The molecule has 0 radical (unpaired) electrons. The van der Waals surface area contributed by atoms with Gasteiger partial charge < -0.3 is 5.73 Å². The second-order valence-electron chi connectivity index (χ2n) is 4.88. The highest BCUT2D eigenvalue weighted by Gasteiger charge is 2.14. The van der Waals surface area contributed by atoms with Crippen molar-refractivity contribution in [3.05, 3.63) is 53.6 Å². The van der Waals surface area contributed by atoms with Crippen molar-refractivity contribution in [2.24, 2.45) is 5.73 Å². The van der Waals surface area contributed by atoms with E-state index in [4.69, 9.17) is 5.73 Å². The molecular formula is C16H14N4O. The molecule has 0 unspecified atom stereocenters. The number of carbonyl (C=O) groups is 1. The zero-order chi connectivity index (χ0) is 15.0. The van der Waals surface area contributed by atoms with Gasteiger partial charge in [0.2, 0.25) is 0 Å². The molecule has 0 spiro atoms. The van der Waals surface area contributed by atoms with Gasteiger partial charge in [-0.3, -0.25) is 19.7 Å². The van der Waals surface area contributed by atoms with Crippen LogP contribution in [0.2, 0.25) is 0 Å². The third-order valence-corrected chi connectivity index (χ3v) is 3.55. The van der Waals surface area contributed by atoms with Gasteiger partial charge in [0, 0.05) is 24.2 Å². The summed E-state index contributed by atoms with van der Waals surface area (Å²) in [5.41, 5.74) is 10.9. The van der Waals surface area contributed by atoms with Gasteiger partial charge in [0.15, 0.2) is 0 Å². The van der Waals surface area contributed by atoms with E-state index in [-0.39, 0.29) is 0 Å². The van der Waals surface area contributed by atoms with E-state index in [1.165, 1.54) is 0 Å². The van der Waals surface area contributed by atoms with Crippen LogP contribution in [0.4, 0.5) is 0 Å². The highest BCUT2D eigenvalue weighted by molar-refractivity contribution is 5.97. The molecule has 3 aromatic rings. The van der Waals surface area contributed by atoms with Crippen molar-refractivity contribution in [2.75, 3.05) is 0 Å². The lowest BCUT2D eigenvalue weighted by Crippen LogP contribution is -2.16. The van der Waals surface area contributed by atoms with E-state index in [1.54, 1.807) is 25.5 Å². The minimum absolute atomic E-state index is 0.458. The van der Waals surface area contributed by atoms with Crippen molar-refractivity contribution in [3.8, 4) is 11.1 Å². The predicted molar refractivity (Wildman–Crippen MR) is 80.8 cm³/mol. The fourth-order valence-electron chi connectivity index (χ4n) is 2.51. The van der Waals surface area contributed by atoms with E-state index in [1.807, 2.05) is 25.1 Å². The number of rotatable bonds is 2. The average molecular weight is 278 g/mol. The normalized spacial score (nSPS) is 10.8. The molecule has 0 aliphatic heterocycles. The number of aryl methyl sites for hydroxylation is 1. The van der Waals surface area contributed by atoms with Crippen LogP contribution in [-0.4, -0.2) is 20.9 Å². The topological polar surface area (TPSA) is 81.8 Å². The third-order valence-electron chi connectivity index (χ3n) is 3.55. The minimum Gasteiger partial charge on any atom is -0.366 e. The van der Waals surface area contributed by atoms with E-state index in [2.05, 4.69) is 15.0 Å². The smallest absolute Gasteiger partial charge is 0.250 e. The van der Waals surface area contributed by atoms with Gasteiger partial charge in [0.1, 0.15) is 0 Å². The molecule has 5 heteroatoms. The molecule has 1 aromatic carbocycles. The molecule has 0 atom stereocenters. The molecule has 5 nitrogen and oxygen atoms in total. The Hall–Kier alpha value is -2.82. The molecular weight excluding hydrogens is 264 g/mol. The summed E-state index contributed by atoms with van der Waals surface area (Å²) in [6.07, 6.45) is 5.07. The van der Waals surface area contributed by atoms with E-state index in [0.29, 0.717) is 11.3 Å². The van der Waals surface area contributed by atoms with Crippen LogP contribution in [0.5, 0.6) is 0 Å². The number of primary amides is 1. The average Bonchev–Trinajstić information content (AvgIpc) is 2.46. The molecule has 1 amide bonds. The Morgan fingerprint density at radius 1 is 1.05 bits per heavy atom. The van der Waals surface area contributed by atoms with Gasteiger partial charge in [-0.2, -0.15) is 0 Å². The summed E-state index contributed by atoms with van der Waals surface area (Å²) in [6.45, 7) is 3.66. The van der Waals surface area contributed by atoms with Crippen LogP contribution in [0.1, 0.15) is 21.6 Å². The van der Waals surface area contributed by atoms with Crippen molar-refractivity contribution in [1.82, 2.24) is 15.0 Å². The first-order chi connectivity index (χ1) is 10.1. The molecule has 2 heterocycles. The number of hydrogen-bond donors (Lipinski definition) is 1. The number of hydrogen-bond acceptors (Lipinski definition) is 4. The number of nitrogens with zero attached hydrogens (tertiary/aromatic N) is 3. The first kappa shape index (κ1) is 13.2. The zero-order valence-corrected chi connectivity index (χ0v) is 11.8. The van der Waals surface area contributed by atoms with Gasteiger partial charge in [-0.05, 0) is 37.1 Å². The number of carbonyl (C=O) groups excluding carboxylic acids is 1. The van der Waals surface area contributed by atoms with Crippen LogP contribution < -0.4 is 5.73 Å². The van der Waals surface area contributed by atoms with Gasteiger partial charge in [-0.1, -0.05) is 6.07 Å². The number of amides is 1. The van der Waals surface area contributed by atoms with Gasteiger partial charge in [-0.25, -0.2) is 0 Å². The van der Waals surface area contributed by atoms with E-state index < -0.39 is 5.91 Å². The Morgan fingerprint density at radius 3 is 2.48 bits per heavy atom. The molecule has 3 rings (SSSR count). The van der Waals surface area contributed by atoms with Crippen LogP contribution in [0, 0.1) is 13.8 Å². The molecule has 0 aliphatic carbocycles. The van der Waals surface area contributed by atoms with Gasteiger partial charge in [0.25, 0.3) is 5.91 Å². The molecule has 0 saturated carbocycles. The van der Waals surface area contributed by atoms with Crippen molar-refractivity contribution < 1.29 is 4.79 Å². The lowest BCUT2D eigenvalue weighted by molar-refractivity contribution is 0.0999. The van der Waals surface area contributed by atoms with Gasteiger partial charge in [-0.15, -0.1) is 0 Å². The zero-order valence-electron chi connectivity index (χ0n) is 11.8. The van der Waals surface area contributed by atoms with Gasteiger partial charge in [0.05, 0.1) is 22.3 Å². The summed E-state index contributed by atoms with van der Waals surface area (Å²) in [7, 11) is 0. The Bertz CT molecular complexity index is 858. The van der Waals surface area contributed by atoms with Crippen LogP contribution in [0.25, 0.3) is 22.2 Å². The molecule has 104 valence electrons. The predicted octanol–water partition coefficient (Wildman–Crippen LogP) is 2.41. The van der Waals surface area contributed by atoms with Crippen molar-refractivity contribution in [2.45, 2.75) is 13.8 Å². The van der Waals surface area contributed by atoms with Crippen molar-refractivity contribution >= 4 is 16.9 Å². The second kappa shape index (κ2) is 4.94. The van der Waals surface area contributed by atoms with Crippen molar-refractivity contribution in [1.29, 1.82) is 0 Å². The minimum atomic E-state index is -0.458. The molecule has 0 saturated heterocycles. The van der Waals surface area contributed by atoms with Gasteiger partial charge >= 0.3 is 0 Å². The van der Waals surface area contributed by atoms with E-state index in [0.717, 1.165) is 27.7 Å². The molecule has 21 heavy (non-hydrogen) atoms. The molecule has 0 fully saturated rings. The number of aromatic nitrogens is 3. The fraction of sp³-hybridized carbons (Fsp3) is 0.125. The number of fused-ring (bicyclic) bond motifs is 1. The highest BCUT2D eigenvalue weighted by atomic mass is 16.1. The van der Waals surface area contributed by atoms with Crippen LogP contribution >= 0.6 is 0 Å². The van der Waals surface area contributed by atoms with E-state index >= 15 is 0 Å². The third kappa shape index (κ3) is 2.23. The summed E-state index contributed by atoms with van der Waals surface area (Å²) < 4.78 is 0. The maximum atomic E-state index is 11.6. The highest BCUT2D eigenvalue weighted by Crippen LogP contribution is 2.27. The quantitative estimate of drug-likeness (QED) is 0.780. The Labute approximate surface area is 121 Å². The number of nitrogens with two attached hydrogens (primary N) is 1. The summed E-state index contributed by atoms with van der Waals surface area (Å²) >= 11 is 0. The largest absolute Gasteiger partial charge is 0.366 e. The molecule has 2 aromatic heterocycles. The maximum Gasteiger partial charge on any atom is 0.250 e.